The highest BCUT2D eigenvalue weighted by molar-refractivity contribution is 5.76. The third-order valence-corrected chi connectivity index (χ3v) is 1.74. The molecule has 1 unspecified atom stereocenters. The third kappa shape index (κ3) is 6.00. The first kappa shape index (κ1) is 17.8. The van der Waals surface area contributed by atoms with Crippen molar-refractivity contribution in [3.63, 3.8) is 0 Å². The molecule has 0 rings (SSSR count). The summed E-state index contributed by atoms with van der Waals surface area (Å²) in [4.78, 5) is 46.1. The summed E-state index contributed by atoms with van der Waals surface area (Å²) in [7, 11) is 0. The van der Waals surface area contributed by atoms with E-state index in [0.717, 1.165) is 0 Å². The molecule has 0 spiro atoms. The van der Waals surface area contributed by atoms with Gasteiger partial charge in [-0.25, -0.2) is 0 Å². The van der Waals surface area contributed by atoms with E-state index in [-0.39, 0.29) is 6.54 Å². The van der Waals surface area contributed by atoms with Gasteiger partial charge in [-0.1, -0.05) is 0 Å². The predicted octanol–water partition coefficient (Wildman–Crippen LogP) is -2.74. The maximum absolute atomic E-state index is 10.4. The van der Waals surface area contributed by atoms with Crippen molar-refractivity contribution in [3.05, 3.63) is 30.3 Å². The molecule has 1 atom stereocenters. The lowest BCUT2D eigenvalue weighted by atomic mass is 10.2. The van der Waals surface area contributed by atoms with Crippen LogP contribution in [0.15, 0.2) is 4.99 Å². The summed E-state index contributed by atoms with van der Waals surface area (Å²) in [6, 6.07) is 0. The molecule has 0 saturated carbocycles. The van der Waals surface area contributed by atoms with Gasteiger partial charge in [0, 0.05) is 0 Å². The fraction of sp³-hybridized carbons (Fsp3) is 0.800. The fourth-order valence-electron chi connectivity index (χ4n) is 1.20. The standard InChI is InChI=1S/C5H11N7O9/c6-2-1-3(19-10(13)14)5(9-4(7)8,20-11(15)16)21-12(17)18/h3H,1-2,6H2,(H4,7,8,9). The number of hydrogen-bond donors (Lipinski definition) is 3. The summed E-state index contributed by atoms with van der Waals surface area (Å²) in [5, 5.41) is 26.8. The van der Waals surface area contributed by atoms with Crippen LogP contribution >= 0.6 is 0 Å². The second-order valence-electron chi connectivity index (χ2n) is 3.19. The lowest BCUT2D eigenvalue weighted by Gasteiger charge is -2.30. The quantitative estimate of drug-likeness (QED) is 0.122. The normalized spacial score (nSPS) is 11.9. The second-order valence-corrected chi connectivity index (χ2v) is 3.19. The van der Waals surface area contributed by atoms with Gasteiger partial charge < -0.3 is 22.0 Å². The van der Waals surface area contributed by atoms with E-state index >= 15 is 0 Å². The Labute approximate surface area is 114 Å². The highest BCUT2D eigenvalue weighted by Gasteiger charge is 2.50. The Balaban J connectivity index is 5.85. The number of rotatable bonds is 10. The van der Waals surface area contributed by atoms with Crippen molar-refractivity contribution in [3.8, 4) is 0 Å². The number of aliphatic imine (C=N–C) groups is 1. The summed E-state index contributed by atoms with van der Waals surface area (Å²) >= 11 is 0. The van der Waals surface area contributed by atoms with Crippen LogP contribution in [-0.2, 0) is 14.5 Å². The molecule has 0 aliphatic heterocycles. The van der Waals surface area contributed by atoms with Gasteiger partial charge in [-0.3, -0.25) is 9.68 Å². The first-order valence-electron chi connectivity index (χ1n) is 4.92. The molecule has 0 radical (unpaired) electrons. The Kier molecular flexibility index (Phi) is 6.31. The molecule has 0 heterocycles. The van der Waals surface area contributed by atoms with E-state index in [4.69, 9.17) is 17.2 Å². The molecule has 16 heteroatoms. The number of guanidine groups is 1. The Hall–Kier alpha value is -3.17. The maximum Gasteiger partial charge on any atom is 0.384 e. The van der Waals surface area contributed by atoms with Crippen LogP contribution in [0.4, 0.5) is 0 Å². The average molecular weight is 313 g/mol. The molecule has 0 bridgehead atoms. The Bertz CT molecular complexity index is 418. The van der Waals surface area contributed by atoms with Crippen LogP contribution in [0.25, 0.3) is 0 Å². The summed E-state index contributed by atoms with van der Waals surface area (Å²) < 4.78 is 0. The zero-order valence-corrected chi connectivity index (χ0v) is 10.2. The summed E-state index contributed by atoms with van der Waals surface area (Å²) in [5.74, 6) is -4.19. The highest BCUT2D eigenvalue weighted by atomic mass is 17.1. The van der Waals surface area contributed by atoms with Gasteiger partial charge in [-0.15, -0.1) is 30.3 Å². The minimum Gasteiger partial charge on any atom is -0.370 e. The molecule has 0 aromatic heterocycles. The van der Waals surface area contributed by atoms with Crippen molar-refractivity contribution in [1.82, 2.24) is 0 Å². The topological polar surface area (TPSA) is 248 Å². The zero-order valence-electron chi connectivity index (χ0n) is 10.2. The highest BCUT2D eigenvalue weighted by Crippen LogP contribution is 2.26. The molecular weight excluding hydrogens is 302 g/mol. The van der Waals surface area contributed by atoms with Crippen LogP contribution in [-0.4, -0.2) is 39.8 Å². The van der Waals surface area contributed by atoms with Crippen molar-refractivity contribution in [2.45, 2.75) is 18.4 Å². The van der Waals surface area contributed by atoms with Crippen LogP contribution in [0, 0.1) is 30.3 Å². The van der Waals surface area contributed by atoms with Crippen molar-refractivity contribution in [1.29, 1.82) is 0 Å². The van der Waals surface area contributed by atoms with Gasteiger partial charge in [-0.05, 0) is 13.0 Å². The van der Waals surface area contributed by atoms with Crippen LogP contribution in [0.3, 0.4) is 0 Å². The lowest BCUT2D eigenvalue weighted by Crippen LogP contribution is -2.53. The Morgan fingerprint density at radius 3 is 1.86 bits per heavy atom. The summed E-state index contributed by atoms with van der Waals surface area (Å²) in [6.45, 7) is -0.345. The molecule has 0 aromatic carbocycles. The van der Waals surface area contributed by atoms with E-state index in [2.05, 4.69) is 19.5 Å². The number of nitrogens with zero attached hydrogens (tertiary/aromatic N) is 4. The molecule has 120 valence electrons. The van der Waals surface area contributed by atoms with Gasteiger partial charge in [0.15, 0.2) is 12.1 Å². The smallest absolute Gasteiger partial charge is 0.370 e. The van der Waals surface area contributed by atoms with Crippen LogP contribution in [0.5, 0.6) is 0 Å². The van der Waals surface area contributed by atoms with E-state index in [1.54, 1.807) is 0 Å². The SMILES string of the molecule is NCCC(O[N+](=O)[O-])C(N=C(N)N)(O[N+](=O)[O-])O[N+](=O)[O-]. The van der Waals surface area contributed by atoms with Crippen LogP contribution in [0.2, 0.25) is 0 Å². The Morgan fingerprint density at radius 1 is 1.10 bits per heavy atom. The van der Waals surface area contributed by atoms with Crippen LogP contribution in [0.1, 0.15) is 6.42 Å². The van der Waals surface area contributed by atoms with E-state index in [9.17, 15) is 30.3 Å². The van der Waals surface area contributed by atoms with Gasteiger partial charge in [0.25, 0.3) is 15.3 Å². The molecule has 6 N–H and O–H groups in total. The van der Waals surface area contributed by atoms with Gasteiger partial charge in [-0.2, -0.15) is 4.99 Å². The zero-order chi connectivity index (χ0) is 16.6. The molecule has 0 aliphatic rings. The first-order chi connectivity index (χ1) is 9.62. The van der Waals surface area contributed by atoms with Gasteiger partial charge in [0.2, 0.25) is 0 Å². The summed E-state index contributed by atoms with van der Waals surface area (Å²) in [5.41, 5.74) is 15.1. The minimum atomic E-state index is -3.24. The number of hydrogen-bond acceptors (Lipinski definition) is 11. The van der Waals surface area contributed by atoms with E-state index in [1.807, 2.05) is 0 Å². The van der Waals surface area contributed by atoms with Crippen molar-refractivity contribution < 1.29 is 29.8 Å². The third-order valence-electron chi connectivity index (χ3n) is 1.74. The van der Waals surface area contributed by atoms with Gasteiger partial charge >= 0.3 is 5.91 Å². The molecule has 0 fully saturated rings. The average Bonchev–Trinajstić information content (AvgIpc) is 2.24. The monoisotopic (exact) mass is 313 g/mol. The lowest BCUT2D eigenvalue weighted by molar-refractivity contribution is -0.888. The molecule has 16 nitrogen and oxygen atoms in total. The maximum atomic E-state index is 10.4. The largest absolute Gasteiger partial charge is 0.384 e. The molecule has 0 saturated heterocycles. The number of nitrogens with two attached hydrogens (primary N) is 3. The van der Waals surface area contributed by atoms with Gasteiger partial charge in [0.1, 0.15) is 0 Å². The predicted molar refractivity (Wildman–Crippen MR) is 60.2 cm³/mol. The van der Waals surface area contributed by atoms with Crippen LogP contribution < -0.4 is 17.2 Å². The molecule has 21 heavy (non-hydrogen) atoms. The van der Waals surface area contributed by atoms with Crippen molar-refractivity contribution in [2.75, 3.05) is 6.54 Å². The first-order valence-corrected chi connectivity index (χ1v) is 4.92. The van der Waals surface area contributed by atoms with Crippen molar-refractivity contribution in [2.24, 2.45) is 22.2 Å². The van der Waals surface area contributed by atoms with E-state index in [0.29, 0.717) is 0 Å². The second kappa shape index (κ2) is 7.43. The Morgan fingerprint density at radius 2 is 1.57 bits per heavy atom. The van der Waals surface area contributed by atoms with Crippen molar-refractivity contribution >= 4 is 5.96 Å². The molecular formula is C5H11N7O9. The minimum absolute atomic E-state index is 0.345. The van der Waals surface area contributed by atoms with E-state index in [1.165, 1.54) is 0 Å². The molecule has 0 aliphatic carbocycles. The van der Waals surface area contributed by atoms with Gasteiger partial charge in [0.05, 0.1) is 0 Å². The molecule has 0 aromatic rings. The molecule has 0 amide bonds. The fourth-order valence-corrected chi connectivity index (χ4v) is 1.20. The van der Waals surface area contributed by atoms with E-state index < -0.39 is 39.7 Å². The summed E-state index contributed by atoms with van der Waals surface area (Å²) in [6.07, 6.45) is -2.63.